The molecule has 0 aromatic rings. The van der Waals surface area contributed by atoms with Crippen LogP contribution in [0.15, 0.2) is 0 Å². The SMILES string of the molecule is CCOC(=O)C(CC)(OC#N)C(C)CC. The van der Waals surface area contributed by atoms with E-state index in [1.807, 2.05) is 20.8 Å². The zero-order valence-electron chi connectivity index (χ0n) is 9.87. The molecule has 0 saturated heterocycles. The van der Waals surface area contributed by atoms with Crippen LogP contribution in [0.25, 0.3) is 0 Å². The molecule has 86 valence electrons. The normalized spacial score (nSPS) is 15.9. The molecule has 0 aromatic carbocycles. The first-order chi connectivity index (χ1) is 7.08. The number of carbonyl (C=O) groups is 1. The Labute approximate surface area is 91.2 Å². The third-order valence-corrected chi connectivity index (χ3v) is 2.78. The molecule has 15 heavy (non-hydrogen) atoms. The Morgan fingerprint density at radius 1 is 1.47 bits per heavy atom. The Hall–Kier alpha value is -1.24. The van der Waals surface area contributed by atoms with E-state index in [2.05, 4.69) is 0 Å². The van der Waals surface area contributed by atoms with Crippen LogP contribution in [0.3, 0.4) is 0 Å². The molecule has 0 bridgehead atoms. The molecular weight excluding hydrogens is 194 g/mol. The number of ether oxygens (including phenoxy) is 2. The first-order valence-corrected chi connectivity index (χ1v) is 5.33. The van der Waals surface area contributed by atoms with Gasteiger partial charge in [-0.3, -0.25) is 0 Å². The number of hydrogen-bond acceptors (Lipinski definition) is 4. The average molecular weight is 213 g/mol. The van der Waals surface area contributed by atoms with Crippen LogP contribution in [0.5, 0.6) is 0 Å². The van der Waals surface area contributed by atoms with Crippen molar-refractivity contribution in [2.45, 2.75) is 46.1 Å². The highest BCUT2D eigenvalue weighted by molar-refractivity contribution is 5.80. The summed E-state index contributed by atoms with van der Waals surface area (Å²) in [4.78, 5) is 11.8. The number of rotatable bonds is 6. The number of nitriles is 1. The van der Waals surface area contributed by atoms with Crippen molar-refractivity contribution in [2.75, 3.05) is 6.61 Å². The molecule has 0 rings (SSSR count). The lowest BCUT2D eigenvalue weighted by Gasteiger charge is -2.32. The van der Waals surface area contributed by atoms with E-state index >= 15 is 0 Å². The monoisotopic (exact) mass is 213 g/mol. The molecule has 0 N–H and O–H groups in total. The van der Waals surface area contributed by atoms with Gasteiger partial charge >= 0.3 is 5.97 Å². The largest absolute Gasteiger partial charge is 0.463 e. The van der Waals surface area contributed by atoms with Crippen molar-refractivity contribution >= 4 is 5.97 Å². The highest BCUT2D eigenvalue weighted by atomic mass is 16.6. The van der Waals surface area contributed by atoms with Gasteiger partial charge in [0, 0.05) is 5.92 Å². The van der Waals surface area contributed by atoms with Crippen molar-refractivity contribution in [3.63, 3.8) is 0 Å². The van der Waals surface area contributed by atoms with Crippen LogP contribution in [0.2, 0.25) is 0 Å². The molecule has 4 heteroatoms. The maximum Gasteiger partial charge on any atom is 0.351 e. The third kappa shape index (κ3) is 2.85. The first kappa shape index (κ1) is 13.8. The molecule has 0 aliphatic carbocycles. The molecule has 2 atom stereocenters. The molecule has 2 unspecified atom stereocenters. The fourth-order valence-electron chi connectivity index (χ4n) is 1.57. The summed E-state index contributed by atoms with van der Waals surface area (Å²) in [5.74, 6) is -0.482. The lowest BCUT2D eigenvalue weighted by molar-refractivity contribution is -0.171. The fourth-order valence-corrected chi connectivity index (χ4v) is 1.57. The Bertz CT molecular complexity index is 247. The summed E-state index contributed by atoms with van der Waals surface area (Å²) in [6.45, 7) is 7.69. The van der Waals surface area contributed by atoms with E-state index in [4.69, 9.17) is 14.7 Å². The molecule has 0 spiro atoms. The van der Waals surface area contributed by atoms with Gasteiger partial charge in [0.1, 0.15) is 0 Å². The van der Waals surface area contributed by atoms with E-state index in [1.54, 1.807) is 13.2 Å². The van der Waals surface area contributed by atoms with Crippen molar-refractivity contribution in [2.24, 2.45) is 5.92 Å². The van der Waals surface area contributed by atoms with E-state index in [-0.39, 0.29) is 5.92 Å². The van der Waals surface area contributed by atoms with Crippen molar-refractivity contribution in [3.8, 4) is 6.26 Å². The summed E-state index contributed by atoms with van der Waals surface area (Å²) in [5, 5.41) is 8.61. The summed E-state index contributed by atoms with van der Waals surface area (Å²) in [7, 11) is 0. The van der Waals surface area contributed by atoms with Gasteiger partial charge in [0.2, 0.25) is 5.60 Å². The molecule has 0 amide bonds. The van der Waals surface area contributed by atoms with Crippen LogP contribution < -0.4 is 0 Å². The molecule has 0 radical (unpaired) electrons. The van der Waals surface area contributed by atoms with E-state index in [1.165, 1.54) is 0 Å². The standard InChI is InChI=1S/C11H19NO3/c1-5-9(4)11(6-2,15-8-12)10(13)14-7-3/h9H,5-7H2,1-4H3. The van der Waals surface area contributed by atoms with Crippen molar-refractivity contribution in [3.05, 3.63) is 0 Å². The maximum atomic E-state index is 11.8. The molecule has 0 aromatic heterocycles. The summed E-state index contributed by atoms with van der Waals surface area (Å²) < 4.78 is 9.94. The van der Waals surface area contributed by atoms with Gasteiger partial charge in [-0.05, 0) is 19.8 Å². The Morgan fingerprint density at radius 2 is 2.07 bits per heavy atom. The molecule has 0 saturated carbocycles. The molecule has 0 aliphatic heterocycles. The molecule has 4 nitrogen and oxygen atoms in total. The predicted molar refractivity (Wildman–Crippen MR) is 55.8 cm³/mol. The minimum Gasteiger partial charge on any atom is -0.463 e. The van der Waals surface area contributed by atoms with Crippen molar-refractivity contribution in [1.82, 2.24) is 0 Å². The van der Waals surface area contributed by atoms with E-state index in [0.29, 0.717) is 13.0 Å². The van der Waals surface area contributed by atoms with Gasteiger partial charge in [-0.2, -0.15) is 5.26 Å². The van der Waals surface area contributed by atoms with Crippen molar-refractivity contribution < 1.29 is 14.3 Å². The summed E-state index contributed by atoms with van der Waals surface area (Å²) in [6.07, 6.45) is 2.81. The van der Waals surface area contributed by atoms with Gasteiger partial charge in [-0.1, -0.05) is 20.8 Å². The van der Waals surface area contributed by atoms with Crippen LogP contribution in [0, 0.1) is 17.4 Å². The zero-order valence-corrected chi connectivity index (χ0v) is 9.87. The smallest absolute Gasteiger partial charge is 0.351 e. The van der Waals surface area contributed by atoms with Crippen LogP contribution in [0.1, 0.15) is 40.5 Å². The van der Waals surface area contributed by atoms with Crippen molar-refractivity contribution in [1.29, 1.82) is 5.26 Å². The predicted octanol–water partition coefficient (Wildman–Crippen LogP) is 2.24. The zero-order chi connectivity index (χ0) is 11.9. The molecule has 0 aliphatic rings. The second-order valence-electron chi connectivity index (χ2n) is 3.47. The van der Waals surface area contributed by atoms with Crippen LogP contribution >= 0.6 is 0 Å². The third-order valence-electron chi connectivity index (χ3n) is 2.78. The van der Waals surface area contributed by atoms with Gasteiger partial charge in [-0.25, -0.2) is 4.79 Å². The second-order valence-corrected chi connectivity index (χ2v) is 3.47. The maximum absolute atomic E-state index is 11.8. The molecular formula is C11H19NO3. The minimum atomic E-state index is -1.11. The van der Waals surface area contributed by atoms with Crippen LogP contribution in [0.4, 0.5) is 0 Å². The lowest BCUT2D eigenvalue weighted by Crippen LogP contribution is -2.47. The van der Waals surface area contributed by atoms with Gasteiger partial charge < -0.3 is 9.47 Å². The van der Waals surface area contributed by atoms with E-state index in [9.17, 15) is 4.79 Å². The Kier molecular flexibility index (Phi) is 5.76. The van der Waals surface area contributed by atoms with Gasteiger partial charge in [0.05, 0.1) is 6.61 Å². The quantitative estimate of drug-likeness (QED) is 0.501. The number of hydrogen-bond donors (Lipinski definition) is 0. The number of esters is 1. The molecule has 0 heterocycles. The summed E-state index contributed by atoms with van der Waals surface area (Å²) in [5.41, 5.74) is -1.11. The highest BCUT2D eigenvalue weighted by Crippen LogP contribution is 2.29. The molecule has 0 fully saturated rings. The number of nitrogens with zero attached hydrogens (tertiary/aromatic N) is 1. The van der Waals surface area contributed by atoms with Gasteiger partial charge in [-0.15, -0.1) is 0 Å². The van der Waals surface area contributed by atoms with E-state index in [0.717, 1.165) is 6.42 Å². The second kappa shape index (κ2) is 6.28. The van der Waals surface area contributed by atoms with Gasteiger partial charge in [0.15, 0.2) is 0 Å². The van der Waals surface area contributed by atoms with E-state index < -0.39 is 11.6 Å². The fraction of sp³-hybridized carbons (Fsp3) is 0.818. The minimum absolute atomic E-state index is 0.0406. The number of carbonyl (C=O) groups excluding carboxylic acids is 1. The highest BCUT2D eigenvalue weighted by Gasteiger charge is 2.45. The average Bonchev–Trinajstić information content (AvgIpc) is 2.25. The Balaban J connectivity index is 4.97. The topological polar surface area (TPSA) is 59.3 Å². The van der Waals surface area contributed by atoms with Crippen LogP contribution in [-0.2, 0) is 14.3 Å². The first-order valence-electron chi connectivity index (χ1n) is 5.33. The summed E-state index contributed by atoms with van der Waals surface area (Å²) >= 11 is 0. The Morgan fingerprint density at radius 3 is 2.40 bits per heavy atom. The van der Waals surface area contributed by atoms with Crippen LogP contribution in [-0.4, -0.2) is 18.2 Å². The lowest BCUT2D eigenvalue weighted by atomic mass is 9.84. The summed E-state index contributed by atoms with van der Waals surface area (Å²) in [6, 6.07) is 0. The van der Waals surface area contributed by atoms with Gasteiger partial charge in [0.25, 0.3) is 6.26 Å².